The van der Waals surface area contributed by atoms with Crippen LogP contribution in [0.4, 0.5) is 5.13 Å². The fourth-order valence-corrected chi connectivity index (χ4v) is 4.28. The molecule has 0 spiro atoms. The summed E-state index contributed by atoms with van der Waals surface area (Å²) in [6.07, 6.45) is 6.50. The fourth-order valence-electron chi connectivity index (χ4n) is 3.45. The Morgan fingerprint density at radius 3 is 2.92 bits per heavy atom. The number of carbonyl (C=O) groups is 2. The van der Waals surface area contributed by atoms with E-state index in [2.05, 4.69) is 15.5 Å². The van der Waals surface area contributed by atoms with Crippen LogP contribution in [0.5, 0.6) is 0 Å². The van der Waals surface area contributed by atoms with Crippen molar-refractivity contribution in [3.05, 3.63) is 5.01 Å². The van der Waals surface area contributed by atoms with Crippen molar-refractivity contribution in [3.63, 3.8) is 0 Å². The third kappa shape index (κ3) is 4.10. The Bertz CT molecular complexity index is 586. The molecule has 1 saturated heterocycles. The molecule has 3 rings (SSSR count). The zero-order valence-electron chi connectivity index (χ0n) is 14.0. The Kier molecular flexibility index (Phi) is 5.78. The standard InChI is InChI=1S/C16H24N4O3S/c1-23-10-13-18-19-16(24-13)20-9-12(8-14(20)21)15(22)17-7-6-11-4-2-3-5-11/h11-12H,2-10H2,1H3,(H,17,22). The minimum Gasteiger partial charge on any atom is -0.377 e. The molecule has 2 fully saturated rings. The highest BCUT2D eigenvalue weighted by Crippen LogP contribution is 2.29. The topological polar surface area (TPSA) is 84.4 Å². The maximum Gasteiger partial charge on any atom is 0.229 e. The van der Waals surface area contributed by atoms with E-state index in [4.69, 9.17) is 4.74 Å². The molecule has 24 heavy (non-hydrogen) atoms. The predicted octanol–water partition coefficient (Wildman–Crippen LogP) is 1.73. The summed E-state index contributed by atoms with van der Waals surface area (Å²) in [5, 5.41) is 12.3. The lowest BCUT2D eigenvalue weighted by atomic mass is 10.0. The van der Waals surface area contributed by atoms with E-state index < -0.39 is 0 Å². The van der Waals surface area contributed by atoms with Gasteiger partial charge in [-0.05, 0) is 12.3 Å². The van der Waals surface area contributed by atoms with Crippen LogP contribution in [0.25, 0.3) is 0 Å². The van der Waals surface area contributed by atoms with Crippen LogP contribution in [0.3, 0.4) is 0 Å². The van der Waals surface area contributed by atoms with Gasteiger partial charge in [-0.1, -0.05) is 37.0 Å². The smallest absolute Gasteiger partial charge is 0.229 e. The zero-order valence-corrected chi connectivity index (χ0v) is 14.8. The molecular weight excluding hydrogens is 328 g/mol. The lowest BCUT2D eigenvalue weighted by Crippen LogP contribution is -2.34. The number of rotatable bonds is 7. The van der Waals surface area contributed by atoms with Gasteiger partial charge >= 0.3 is 0 Å². The molecule has 8 heteroatoms. The van der Waals surface area contributed by atoms with Crippen molar-refractivity contribution in [1.29, 1.82) is 0 Å². The van der Waals surface area contributed by atoms with Crippen molar-refractivity contribution in [2.24, 2.45) is 11.8 Å². The van der Waals surface area contributed by atoms with Crippen LogP contribution in [-0.2, 0) is 20.9 Å². The van der Waals surface area contributed by atoms with Crippen LogP contribution >= 0.6 is 11.3 Å². The van der Waals surface area contributed by atoms with Crippen molar-refractivity contribution in [2.45, 2.75) is 45.1 Å². The van der Waals surface area contributed by atoms with Gasteiger partial charge in [0.1, 0.15) is 11.6 Å². The average Bonchev–Trinajstić information content (AvgIpc) is 3.28. The van der Waals surface area contributed by atoms with E-state index in [1.165, 1.54) is 37.0 Å². The molecule has 1 aliphatic heterocycles. The number of methoxy groups -OCH3 is 1. The van der Waals surface area contributed by atoms with Gasteiger partial charge in [-0.15, -0.1) is 10.2 Å². The summed E-state index contributed by atoms with van der Waals surface area (Å²) in [7, 11) is 1.59. The van der Waals surface area contributed by atoms with Crippen molar-refractivity contribution in [2.75, 3.05) is 25.1 Å². The number of ether oxygens (including phenoxy) is 1. The number of aromatic nitrogens is 2. The van der Waals surface area contributed by atoms with Gasteiger partial charge in [0.15, 0.2) is 0 Å². The number of nitrogens with one attached hydrogen (secondary N) is 1. The Labute approximate surface area is 145 Å². The Morgan fingerprint density at radius 2 is 2.17 bits per heavy atom. The fraction of sp³-hybridized carbons (Fsp3) is 0.750. The molecule has 132 valence electrons. The molecule has 1 aliphatic carbocycles. The second kappa shape index (κ2) is 8.02. The Balaban J connectivity index is 1.48. The monoisotopic (exact) mass is 352 g/mol. The van der Waals surface area contributed by atoms with E-state index in [9.17, 15) is 9.59 Å². The van der Waals surface area contributed by atoms with E-state index in [-0.39, 0.29) is 24.2 Å². The summed E-state index contributed by atoms with van der Waals surface area (Å²) >= 11 is 1.33. The number of hydrogen-bond acceptors (Lipinski definition) is 6. The van der Waals surface area contributed by atoms with Crippen molar-refractivity contribution in [3.8, 4) is 0 Å². The highest BCUT2D eigenvalue weighted by Gasteiger charge is 2.36. The van der Waals surface area contributed by atoms with E-state index in [1.54, 1.807) is 12.0 Å². The van der Waals surface area contributed by atoms with Gasteiger partial charge in [-0.3, -0.25) is 14.5 Å². The van der Waals surface area contributed by atoms with Crippen molar-refractivity contribution >= 4 is 28.3 Å². The molecule has 1 saturated carbocycles. The molecule has 0 bridgehead atoms. The van der Waals surface area contributed by atoms with Crippen LogP contribution in [0, 0.1) is 11.8 Å². The van der Waals surface area contributed by atoms with Gasteiger partial charge in [-0.25, -0.2) is 0 Å². The van der Waals surface area contributed by atoms with Gasteiger partial charge in [0.05, 0.1) is 5.92 Å². The molecule has 1 N–H and O–H groups in total. The number of hydrogen-bond donors (Lipinski definition) is 1. The molecule has 2 heterocycles. The van der Waals surface area contributed by atoms with Crippen LogP contribution < -0.4 is 10.2 Å². The van der Waals surface area contributed by atoms with Gasteiger partial charge in [0.25, 0.3) is 0 Å². The predicted molar refractivity (Wildman–Crippen MR) is 90.7 cm³/mol. The summed E-state index contributed by atoms with van der Waals surface area (Å²) in [6, 6.07) is 0. The molecule has 2 aliphatic rings. The molecule has 2 amide bonds. The summed E-state index contributed by atoms with van der Waals surface area (Å²) in [4.78, 5) is 26.1. The van der Waals surface area contributed by atoms with Gasteiger partial charge in [0.2, 0.25) is 16.9 Å². The third-order valence-corrected chi connectivity index (χ3v) is 5.70. The summed E-state index contributed by atoms with van der Waals surface area (Å²) in [5.41, 5.74) is 0. The molecule has 0 aromatic carbocycles. The van der Waals surface area contributed by atoms with E-state index in [0.29, 0.717) is 24.8 Å². The van der Waals surface area contributed by atoms with Gasteiger partial charge in [-0.2, -0.15) is 0 Å². The van der Waals surface area contributed by atoms with Gasteiger partial charge in [0, 0.05) is 26.6 Å². The van der Waals surface area contributed by atoms with E-state index in [0.717, 1.165) is 17.3 Å². The minimum absolute atomic E-state index is 0.0227. The Hall–Kier alpha value is -1.54. The van der Waals surface area contributed by atoms with Crippen molar-refractivity contribution in [1.82, 2.24) is 15.5 Å². The highest BCUT2D eigenvalue weighted by molar-refractivity contribution is 7.15. The van der Waals surface area contributed by atoms with Crippen molar-refractivity contribution < 1.29 is 14.3 Å². The first kappa shape index (κ1) is 17.3. The molecule has 0 radical (unpaired) electrons. The van der Waals surface area contributed by atoms with Crippen LogP contribution in [0.2, 0.25) is 0 Å². The SMILES string of the molecule is COCc1nnc(N2CC(C(=O)NCCC3CCCC3)CC2=O)s1. The number of anilines is 1. The number of nitrogens with zero attached hydrogens (tertiary/aromatic N) is 3. The zero-order chi connectivity index (χ0) is 16.9. The Morgan fingerprint density at radius 1 is 1.38 bits per heavy atom. The first-order valence-electron chi connectivity index (χ1n) is 8.56. The van der Waals surface area contributed by atoms with Crippen LogP contribution in [0.15, 0.2) is 0 Å². The molecule has 1 atom stereocenters. The third-order valence-electron chi connectivity index (χ3n) is 4.78. The minimum atomic E-state index is -0.296. The second-order valence-electron chi connectivity index (χ2n) is 6.55. The number of amides is 2. The second-order valence-corrected chi connectivity index (χ2v) is 7.59. The largest absolute Gasteiger partial charge is 0.377 e. The maximum atomic E-state index is 12.3. The van der Waals surface area contributed by atoms with E-state index in [1.807, 2.05) is 0 Å². The quantitative estimate of drug-likeness (QED) is 0.808. The summed E-state index contributed by atoms with van der Waals surface area (Å²) < 4.78 is 5.02. The molecule has 1 aromatic heterocycles. The maximum absolute atomic E-state index is 12.3. The lowest BCUT2D eigenvalue weighted by Gasteiger charge is -2.14. The molecular formula is C16H24N4O3S. The van der Waals surface area contributed by atoms with Crippen LogP contribution in [-0.4, -0.2) is 42.2 Å². The summed E-state index contributed by atoms with van der Waals surface area (Å²) in [5.74, 6) is 0.375. The molecule has 1 aromatic rings. The summed E-state index contributed by atoms with van der Waals surface area (Å²) in [6.45, 7) is 1.48. The normalized spacial score (nSPS) is 21.6. The van der Waals surface area contributed by atoms with Gasteiger partial charge < -0.3 is 10.1 Å². The average molecular weight is 352 g/mol. The molecule has 7 nitrogen and oxygen atoms in total. The number of carbonyl (C=O) groups excluding carboxylic acids is 2. The van der Waals surface area contributed by atoms with Crippen LogP contribution in [0.1, 0.15) is 43.5 Å². The first-order chi connectivity index (χ1) is 11.7. The lowest BCUT2D eigenvalue weighted by molar-refractivity contribution is -0.126. The highest BCUT2D eigenvalue weighted by atomic mass is 32.1. The molecule has 1 unspecified atom stereocenters. The van der Waals surface area contributed by atoms with E-state index >= 15 is 0 Å². The first-order valence-corrected chi connectivity index (χ1v) is 9.38.